The zero-order chi connectivity index (χ0) is 10.0. The van der Waals surface area contributed by atoms with E-state index in [4.69, 9.17) is 0 Å². The van der Waals surface area contributed by atoms with Crippen molar-refractivity contribution in [2.75, 3.05) is 6.26 Å². The molecule has 0 heterocycles. The van der Waals surface area contributed by atoms with Crippen LogP contribution in [0.5, 0.6) is 0 Å². The fourth-order valence-electron chi connectivity index (χ4n) is 0.833. The number of benzene rings is 1. The van der Waals surface area contributed by atoms with Crippen molar-refractivity contribution < 1.29 is 18.0 Å². The van der Waals surface area contributed by atoms with Crippen LogP contribution in [0.3, 0.4) is 0 Å². The number of carbonyl (C=O) groups is 1. The monoisotopic (exact) mass is 206 g/mol. The van der Waals surface area contributed by atoms with E-state index in [1.807, 2.05) is 0 Å². The second-order valence-electron chi connectivity index (χ2n) is 2.23. The van der Waals surface area contributed by atoms with Crippen LogP contribution in [0.1, 0.15) is 10.4 Å². The maximum atomic E-state index is 12.8. The third-order valence-corrected chi connectivity index (χ3v) is 2.23. The third-order valence-electron chi connectivity index (χ3n) is 1.49. The molecule has 0 aliphatic carbocycles. The SMILES string of the molecule is CSc1cc(C=O)c(F)c(F)c1F. The van der Waals surface area contributed by atoms with Gasteiger partial charge in [-0.25, -0.2) is 13.2 Å². The highest BCUT2D eigenvalue weighted by Gasteiger charge is 2.17. The Balaban J connectivity index is 3.45. The predicted molar refractivity (Wildman–Crippen MR) is 43.5 cm³/mol. The summed E-state index contributed by atoms with van der Waals surface area (Å²) in [4.78, 5) is 10.1. The molecule has 0 bridgehead atoms. The van der Waals surface area contributed by atoms with Gasteiger partial charge in [0.1, 0.15) is 0 Å². The Morgan fingerprint density at radius 1 is 1.23 bits per heavy atom. The Kier molecular flexibility index (Phi) is 2.98. The van der Waals surface area contributed by atoms with Crippen LogP contribution in [0.25, 0.3) is 0 Å². The molecule has 0 N–H and O–H groups in total. The zero-order valence-electron chi connectivity index (χ0n) is 6.61. The van der Waals surface area contributed by atoms with Crippen LogP contribution >= 0.6 is 11.8 Å². The molecular weight excluding hydrogens is 201 g/mol. The highest BCUT2D eigenvalue weighted by atomic mass is 32.2. The number of hydrogen-bond donors (Lipinski definition) is 0. The van der Waals surface area contributed by atoms with Crippen molar-refractivity contribution in [3.8, 4) is 0 Å². The Morgan fingerprint density at radius 2 is 1.85 bits per heavy atom. The van der Waals surface area contributed by atoms with Gasteiger partial charge >= 0.3 is 0 Å². The zero-order valence-corrected chi connectivity index (χ0v) is 7.42. The molecule has 0 unspecified atom stereocenters. The van der Waals surface area contributed by atoms with Gasteiger partial charge in [0.25, 0.3) is 0 Å². The summed E-state index contributed by atoms with van der Waals surface area (Å²) in [6.45, 7) is 0. The van der Waals surface area contributed by atoms with Crippen molar-refractivity contribution in [1.82, 2.24) is 0 Å². The lowest BCUT2D eigenvalue weighted by molar-refractivity contribution is 0.111. The smallest absolute Gasteiger partial charge is 0.196 e. The van der Waals surface area contributed by atoms with Gasteiger partial charge in [-0.3, -0.25) is 4.79 Å². The molecule has 1 aromatic carbocycles. The maximum absolute atomic E-state index is 12.8. The van der Waals surface area contributed by atoms with Gasteiger partial charge < -0.3 is 0 Å². The van der Waals surface area contributed by atoms with Crippen LogP contribution < -0.4 is 0 Å². The molecule has 1 rings (SSSR count). The average molecular weight is 206 g/mol. The second-order valence-corrected chi connectivity index (χ2v) is 3.08. The Morgan fingerprint density at radius 3 is 2.31 bits per heavy atom. The lowest BCUT2D eigenvalue weighted by atomic mass is 10.2. The number of thioether (sulfide) groups is 1. The van der Waals surface area contributed by atoms with Crippen molar-refractivity contribution >= 4 is 18.0 Å². The minimum absolute atomic E-state index is 0.0824. The minimum atomic E-state index is -1.60. The summed E-state index contributed by atoms with van der Waals surface area (Å²) in [5, 5.41) is 0. The van der Waals surface area contributed by atoms with Crippen LogP contribution in [0, 0.1) is 17.5 Å². The summed E-state index contributed by atoms with van der Waals surface area (Å²) in [5.41, 5.74) is -0.469. The first kappa shape index (κ1) is 10.1. The number of rotatable bonds is 2. The average Bonchev–Trinajstić information content (AvgIpc) is 2.15. The van der Waals surface area contributed by atoms with Gasteiger partial charge in [-0.2, -0.15) is 0 Å². The van der Waals surface area contributed by atoms with Gasteiger partial charge in [0, 0.05) is 4.90 Å². The lowest BCUT2D eigenvalue weighted by Crippen LogP contribution is -1.98. The molecule has 1 nitrogen and oxygen atoms in total. The van der Waals surface area contributed by atoms with E-state index >= 15 is 0 Å². The van der Waals surface area contributed by atoms with E-state index in [1.54, 1.807) is 0 Å². The minimum Gasteiger partial charge on any atom is -0.298 e. The molecule has 0 fully saturated rings. The van der Waals surface area contributed by atoms with E-state index in [0.717, 1.165) is 17.8 Å². The van der Waals surface area contributed by atoms with Gasteiger partial charge in [-0.05, 0) is 12.3 Å². The molecule has 5 heteroatoms. The van der Waals surface area contributed by atoms with Crippen LogP contribution in [-0.2, 0) is 0 Å². The molecule has 0 aliphatic rings. The van der Waals surface area contributed by atoms with Crippen LogP contribution in [0.2, 0.25) is 0 Å². The molecule has 0 atom stereocenters. The van der Waals surface area contributed by atoms with Gasteiger partial charge in [0.05, 0.1) is 5.56 Å². The topological polar surface area (TPSA) is 17.1 Å². The summed E-state index contributed by atoms with van der Waals surface area (Å²) >= 11 is 0.907. The Hall–Kier alpha value is -0.970. The highest BCUT2D eigenvalue weighted by Crippen LogP contribution is 2.25. The van der Waals surface area contributed by atoms with Crippen molar-refractivity contribution in [3.63, 3.8) is 0 Å². The second kappa shape index (κ2) is 3.83. The third kappa shape index (κ3) is 1.70. The molecule has 13 heavy (non-hydrogen) atoms. The molecule has 0 radical (unpaired) electrons. The summed E-state index contributed by atoms with van der Waals surface area (Å²) in [6, 6.07) is 0.978. The maximum Gasteiger partial charge on any atom is 0.196 e. The number of hydrogen-bond acceptors (Lipinski definition) is 2. The number of halogens is 3. The molecule has 0 spiro atoms. The quantitative estimate of drug-likeness (QED) is 0.420. The van der Waals surface area contributed by atoms with Crippen LogP contribution in [0.15, 0.2) is 11.0 Å². The van der Waals surface area contributed by atoms with Crippen molar-refractivity contribution in [1.29, 1.82) is 0 Å². The van der Waals surface area contributed by atoms with E-state index in [2.05, 4.69) is 0 Å². The highest BCUT2D eigenvalue weighted by molar-refractivity contribution is 7.98. The first-order valence-electron chi connectivity index (χ1n) is 3.28. The number of carbonyl (C=O) groups excluding carboxylic acids is 1. The van der Waals surface area contributed by atoms with E-state index in [9.17, 15) is 18.0 Å². The molecule has 0 aliphatic heterocycles. The standard InChI is InChI=1S/C8H5F3OS/c1-13-5-2-4(3-12)6(9)8(11)7(5)10/h2-3H,1H3. The fraction of sp³-hybridized carbons (Fsp3) is 0.125. The van der Waals surface area contributed by atoms with E-state index in [1.165, 1.54) is 6.26 Å². The van der Waals surface area contributed by atoms with Crippen LogP contribution in [0.4, 0.5) is 13.2 Å². The van der Waals surface area contributed by atoms with Gasteiger partial charge in [0.2, 0.25) is 0 Å². The van der Waals surface area contributed by atoms with Gasteiger partial charge in [-0.15, -0.1) is 11.8 Å². The molecule has 70 valence electrons. The summed E-state index contributed by atoms with van der Waals surface area (Å²) in [6.07, 6.45) is 1.65. The van der Waals surface area contributed by atoms with Crippen LogP contribution in [-0.4, -0.2) is 12.5 Å². The molecule has 0 aromatic heterocycles. The van der Waals surface area contributed by atoms with Crippen molar-refractivity contribution in [3.05, 3.63) is 29.1 Å². The molecular formula is C8H5F3OS. The van der Waals surface area contributed by atoms with Crippen molar-refractivity contribution in [2.24, 2.45) is 0 Å². The normalized spacial score (nSPS) is 10.2. The molecule has 1 aromatic rings. The Bertz CT molecular complexity index is 352. The van der Waals surface area contributed by atoms with Gasteiger partial charge in [-0.1, -0.05) is 0 Å². The first-order chi connectivity index (χ1) is 6.11. The largest absolute Gasteiger partial charge is 0.298 e. The lowest BCUT2D eigenvalue weighted by Gasteiger charge is -2.03. The summed E-state index contributed by atoms with van der Waals surface area (Å²) in [7, 11) is 0. The first-order valence-corrected chi connectivity index (χ1v) is 4.51. The predicted octanol–water partition coefficient (Wildman–Crippen LogP) is 2.64. The Labute approximate surface area is 76.9 Å². The summed E-state index contributed by atoms with van der Waals surface area (Å²) in [5.74, 6) is -4.30. The number of aldehydes is 1. The fourth-order valence-corrected chi connectivity index (χ4v) is 1.35. The van der Waals surface area contributed by atoms with E-state index in [0.29, 0.717) is 0 Å². The summed E-state index contributed by atoms with van der Waals surface area (Å²) < 4.78 is 38.3. The molecule has 0 saturated heterocycles. The molecule has 0 amide bonds. The van der Waals surface area contributed by atoms with E-state index < -0.39 is 23.0 Å². The van der Waals surface area contributed by atoms with E-state index in [-0.39, 0.29) is 11.2 Å². The van der Waals surface area contributed by atoms with Crippen molar-refractivity contribution in [2.45, 2.75) is 4.90 Å². The van der Waals surface area contributed by atoms with Gasteiger partial charge in [0.15, 0.2) is 23.7 Å². The molecule has 0 saturated carbocycles.